The van der Waals surface area contributed by atoms with E-state index in [2.05, 4.69) is 18.2 Å². The summed E-state index contributed by atoms with van der Waals surface area (Å²) >= 11 is 0. The topological polar surface area (TPSA) is 67.2 Å². The van der Waals surface area contributed by atoms with E-state index in [4.69, 9.17) is 4.74 Å². The number of ether oxygens (including phenoxy) is 1. The number of hydrogen-bond donors (Lipinski definition) is 0. The van der Waals surface area contributed by atoms with E-state index >= 15 is 0 Å². The molecule has 0 unspecified atom stereocenters. The van der Waals surface area contributed by atoms with Crippen molar-refractivity contribution in [2.24, 2.45) is 0 Å². The van der Waals surface area contributed by atoms with Crippen molar-refractivity contribution < 1.29 is 13.2 Å². The molecule has 0 spiro atoms. The number of hydrogen-bond acceptors (Lipinski definition) is 4. The molecule has 3 aromatic carbocycles. The summed E-state index contributed by atoms with van der Waals surface area (Å²) in [4.78, 5) is -0.207. The molecule has 5 heteroatoms. The van der Waals surface area contributed by atoms with Crippen LogP contribution in [0.4, 0.5) is 0 Å². The lowest BCUT2D eigenvalue weighted by Crippen LogP contribution is -2.03. The van der Waals surface area contributed by atoms with Gasteiger partial charge in [-0.1, -0.05) is 59.2 Å². The normalized spacial score (nSPS) is 11.7. The van der Waals surface area contributed by atoms with Crippen molar-refractivity contribution in [3.63, 3.8) is 0 Å². The van der Waals surface area contributed by atoms with Crippen LogP contribution in [0, 0.1) is 32.1 Å². The van der Waals surface area contributed by atoms with Crippen LogP contribution in [0.2, 0.25) is 0 Å². The molecule has 152 valence electrons. The molecule has 0 bridgehead atoms. The Morgan fingerprint density at radius 3 is 2.23 bits per heavy atom. The minimum Gasteiger partial charge on any atom is -0.489 e. The van der Waals surface area contributed by atoms with Gasteiger partial charge in [0.05, 0.1) is 4.90 Å². The minimum absolute atomic E-state index is 0.100. The van der Waals surface area contributed by atoms with Crippen molar-refractivity contribution in [1.82, 2.24) is 0 Å². The van der Waals surface area contributed by atoms with Crippen LogP contribution < -0.4 is 4.74 Å². The lowest BCUT2D eigenvalue weighted by atomic mass is 10.1. The number of sulfone groups is 1. The fourth-order valence-corrected chi connectivity index (χ4v) is 4.34. The summed E-state index contributed by atoms with van der Waals surface area (Å²) < 4.78 is 31.5. The van der Waals surface area contributed by atoms with Crippen molar-refractivity contribution in [1.29, 1.82) is 5.26 Å². The van der Waals surface area contributed by atoms with Gasteiger partial charge in [-0.15, -0.1) is 0 Å². The molecular weight excluding hydrogens is 394 g/mol. The summed E-state index contributed by atoms with van der Waals surface area (Å²) in [5.41, 5.74) is 4.94. The molecule has 4 nitrogen and oxygen atoms in total. The van der Waals surface area contributed by atoms with Crippen LogP contribution in [-0.4, -0.2) is 8.42 Å². The summed E-state index contributed by atoms with van der Waals surface area (Å²) in [6.45, 7) is 6.36. The van der Waals surface area contributed by atoms with Gasteiger partial charge in [0, 0.05) is 0 Å². The lowest BCUT2D eigenvalue weighted by molar-refractivity contribution is 0.306. The van der Waals surface area contributed by atoms with Gasteiger partial charge in [0.15, 0.2) is 0 Å². The minimum atomic E-state index is -3.88. The maximum Gasteiger partial charge on any atom is 0.216 e. The molecule has 3 aromatic rings. The second-order valence-corrected chi connectivity index (χ2v) is 9.21. The molecule has 0 heterocycles. The fraction of sp³-hybridized carbons (Fsp3) is 0.160. The first kappa shape index (κ1) is 21.4. The highest BCUT2D eigenvalue weighted by Crippen LogP contribution is 2.23. The van der Waals surface area contributed by atoms with Gasteiger partial charge in [0.25, 0.3) is 0 Å². The molecule has 0 amide bonds. The van der Waals surface area contributed by atoms with Gasteiger partial charge < -0.3 is 4.74 Å². The van der Waals surface area contributed by atoms with Gasteiger partial charge in [-0.05, 0) is 62.2 Å². The highest BCUT2D eigenvalue weighted by atomic mass is 32.2. The predicted octanol–water partition coefficient (Wildman–Crippen LogP) is 5.53. The fourth-order valence-electron chi connectivity index (χ4n) is 3.18. The molecule has 0 aliphatic rings. The van der Waals surface area contributed by atoms with Crippen molar-refractivity contribution in [3.8, 4) is 11.8 Å². The monoisotopic (exact) mass is 417 g/mol. The third kappa shape index (κ3) is 5.16. The second kappa shape index (κ2) is 8.98. The van der Waals surface area contributed by atoms with E-state index in [1.807, 2.05) is 26.8 Å². The number of benzene rings is 3. The van der Waals surface area contributed by atoms with Crippen LogP contribution in [-0.2, 0) is 16.4 Å². The first-order valence-corrected chi connectivity index (χ1v) is 11.0. The van der Waals surface area contributed by atoms with Gasteiger partial charge >= 0.3 is 0 Å². The van der Waals surface area contributed by atoms with E-state index in [1.54, 1.807) is 36.4 Å². The standard InChI is InChI=1S/C25H23NO3S/c1-18-7-9-24(10-8-18)30(27,28)25(16-26)15-21-5-4-6-23(14-21)29-17-22-12-19(2)11-20(3)13-22/h4-15H,17H2,1-3H3. The molecule has 0 N–H and O–H groups in total. The van der Waals surface area contributed by atoms with Crippen LogP contribution in [0.3, 0.4) is 0 Å². The Balaban J connectivity index is 1.84. The molecule has 0 saturated heterocycles. The van der Waals surface area contributed by atoms with E-state index < -0.39 is 9.84 Å². The number of aryl methyl sites for hydroxylation is 3. The molecule has 0 fully saturated rings. The van der Waals surface area contributed by atoms with E-state index in [9.17, 15) is 13.7 Å². The van der Waals surface area contributed by atoms with Crippen LogP contribution in [0.15, 0.2) is 76.5 Å². The summed E-state index contributed by atoms with van der Waals surface area (Å²) in [6, 6.07) is 21.6. The summed E-state index contributed by atoms with van der Waals surface area (Å²) in [5.74, 6) is 0.605. The van der Waals surface area contributed by atoms with Crippen LogP contribution in [0.5, 0.6) is 5.75 Å². The molecule has 0 aliphatic carbocycles. The highest BCUT2D eigenvalue weighted by molar-refractivity contribution is 7.95. The first-order chi connectivity index (χ1) is 14.3. The number of rotatable bonds is 6. The second-order valence-electron chi connectivity index (χ2n) is 7.29. The molecule has 30 heavy (non-hydrogen) atoms. The van der Waals surface area contributed by atoms with Gasteiger partial charge in [-0.25, -0.2) is 8.42 Å². The molecule has 0 aromatic heterocycles. The van der Waals surface area contributed by atoms with Crippen LogP contribution >= 0.6 is 0 Å². The van der Waals surface area contributed by atoms with Gasteiger partial charge in [0.1, 0.15) is 23.3 Å². The van der Waals surface area contributed by atoms with Crippen molar-refractivity contribution >= 4 is 15.9 Å². The Morgan fingerprint density at radius 2 is 1.60 bits per heavy atom. The Hall–Kier alpha value is -3.36. The van der Waals surface area contributed by atoms with Crippen molar-refractivity contribution in [3.05, 3.63) is 99.5 Å². The zero-order chi connectivity index (χ0) is 21.7. The zero-order valence-corrected chi connectivity index (χ0v) is 18.0. The molecule has 0 radical (unpaired) electrons. The molecular formula is C25H23NO3S. The summed E-state index contributed by atoms with van der Waals surface area (Å²) in [7, 11) is -3.88. The number of nitrogens with zero attached hydrogens (tertiary/aromatic N) is 1. The quantitative estimate of drug-likeness (QED) is 0.495. The maximum atomic E-state index is 12.8. The summed E-state index contributed by atoms with van der Waals surface area (Å²) in [6.07, 6.45) is 1.37. The van der Waals surface area contributed by atoms with Gasteiger partial charge in [-0.2, -0.15) is 5.26 Å². The van der Waals surface area contributed by atoms with E-state index in [-0.39, 0.29) is 9.80 Å². The third-order valence-corrected chi connectivity index (χ3v) is 6.25. The van der Waals surface area contributed by atoms with E-state index in [0.29, 0.717) is 17.9 Å². The van der Waals surface area contributed by atoms with E-state index in [0.717, 1.165) is 11.1 Å². The Bertz CT molecular complexity index is 1210. The van der Waals surface area contributed by atoms with Crippen LogP contribution in [0.1, 0.15) is 27.8 Å². The molecule has 0 aliphatic heterocycles. The van der Waals surface area contributed by atoms with Gasteiger partial charge in [0.2, 0.25) is 9.84 Å². The summed E-state index contributed by atoms with van der Waals surface area (Å²) in [5, 5.41) is 9.48. The smallest absolute Gasteiger partial charge is 0.216 e. The lowest BCUT2D eigenvalue weighted by Gasteiger charge is -2.09. The van der Waals surface area contributed by atoms with Crippen molar-refractivity contribution in [2.45, 2.75) is 32.3 Å². The number of allylic oxidation sites excluding steroid dienone is 1. The molecule has 0 saturated carbocycles. The highest BCUT2D eigenvalue weighted by Gasteiger charge is 2.20. The number of nitriles is 1. The molecule has 3 rings (SSSR count). The van der Waals surface area contributed by atoms with Gasteiger partial charge in [-0.3, -0.25) is 0 Å². The average Bonchev–Trinajstić information content (AvgIpc) is 2.70. The SMILES string of the molecule is Cc1ccc(S(=O)(=O)C(C#N)=Cc2cccc(OCc3cc(C)cc(C)c3)c2)cc1. The molecule has 0 atom stereocenters. The third-order valence-electron chi connectivity index (χ3n) is 4.57. The predicted molar refractivity (Wildman–Crippen MR) is 119 cm³/mol. The Labute approximate surface area is 178 Å². The van der Waals surface area contributed by atoms with Crippen molar-refractivity contribution in [2.75, 3.05) is 0 Å². The Kier molecular flexibility index (Phi) is 6.39. The van der Waals surface area contributed by atoms with E-state index in [1.165, 1.54) is 29.3 Å². The zero-order valence-electron chi connectivity index (χ0n) is 17.2. The average molecular weight is 418 g/mol. The van der Waals surface area contributed by atoms with Crippen LogP contribution in [0.25, 0.3) is 6.08 Å². The maximum absolute atomic E-state index is 12.8. The first-order valence-electron chi connectivity index (χ1n) is 9.51. The largest absolute Gasteiger partial charge is 0.489 e. The Morgan fingerprint density at radius 1 is 0.933 bits per heavy atom.